The fraction of sp³-hybridized carbons (Fsp3) is 0.381. The average molecular weight is 416 g/mol. The molecular weight excluding hydrogens is 392 g/mol. The van der Waals surface area contributed by atoms with Crippen LogP contribution in [0.2, 0.25) is 0 Å². The Morgan fingerprint density at radius 2 is 2.10 bits per heavy atom. The number of methoxy groups -OCH3 is 2. The van der Waals surface area contributed by atoms with E-state index in [-0.39, 0.29) is 12.5 Å². The first kappa shape index (κ1) is 20.9. The summed E-state index contributed by atoms with van der Waals surface area (Å²) in [5, 5.41) is 7.11. The molecule has 1 aliphatic rings. The molecule has 0 fully saturated rings. The number of carbonyl (C=O) groups excluding carboxylic acids is 2. The standard InChI is InChI=1S/C21H24N2O5S/c1-13-8-9-15-17(10-13)29-20(19(15)21(25)27-3)23-18(24)12-28-22-11-14-6-4-5-7-16(14)26-2/h4-7,11,13H,8-10,12H2,1-3H3,(H,23,24)/b22-11-/t13-/m1/s1. The number of esters is 1. The summed E-state index contributed by atoms with van der Waals surface area (Å²) in [5.74, 6) is 0.398. The van der Waals surface area contributed by atoms with Gasteiger partial charge in [-0.3, -0.25) is 4.79 Å². The Hall–Kier alpha value is -2.87. The van der Waals surface area contributed by atoms with Gasteiger partial charge in [0.1, 0.15) is 10.8 Å². The summed E-state index contributed by atoms with van der Waals surface area (Å²) in [6.07, 6.45) is 4.21. The highest BCUT2D eigenvalue weighted by atomic mass is 32.1. The molecular formula is C21H24N2O5S. The fourth-order valence-corrected chi connectivity index (χ4v) is 4.70. The van der Waals surface area contributed by atoms with Crippen LogP contribution in [0, 0.1) is 5.92 Å². The van der Waals surface area contributed by atoms with Crippen LogP contribution in [-0.4, -0.2) is 38.9 Å². The molecule has 1 aromatic carbocycles. The molecule has 0 radical (unpaired) electrons. The van der Waals surface area contributed by atoms with Crippen LogP contribution >= 0.6 is 11.3 Å². The average Bonchev–Trinajstić information content (AvgIpc) is 3.07. The van der Waals surface area contributed by atoms with Crippen LogP contribution < -0.4 is 10.1 Å². The normalized spacial score (nSPS) is 15.6. The topological polar surface area (TPSA) is 86.2 Å². The van der Waals surface area contributed by atoms with E-state index in [0.29, 0.717) is 22.2 Å². The molecule has 1 heterocycles. The third-order valence-corrected chi connectivity index (χ3v) is 5.92. The van der Waals surface area contributed by atoms with Gasteiger partial charge in [-0.25, -0.2) is 4.79 Å². The summed E-state index contributed by atoms with van der Waals surface area (Å²) < 4.78 is 10.2. The van der Waals surface area contributed by atoms with Crippen molar-refractivity contribution in [1.29, 1.82) is 0 Å². The van der Waals surface area contributed by atoms with Crippen molar-refractivity contribution in [3.8, 4) is 5.75 Å². The maximum atomic E-state index is 12.3. The smallest absolute Gasteiger partial charge is 0.341 e. The zero-order valence-electron chi connectivity index (χ0n) is 16.7. The minimum absolute atomic E-state index is 0.273. The summed E-state index contributed by atoms with van der Waals surface area (Å²) in [5.41, 5.74) is 2.19. The van der Waals surface area contributed by atoms with Gasteiger partial charge in [-0.1, -0.05) is 24.2 Å². The Labute approximate surface area is 173 Å². The van der Waals surface area contributed by atoms with Crippen LogP contribution in [-0.2, 0) is 27.2 Å². The number of thiophene rings is 1. The second-order valence-electron chi connectivity index (χ2n) is 6.85. The highest BCUT2D eigenvalue weighted by molar-refractivity contribution is 7.17. The Morgan fingerprint density at radius 1 is 1.31 bits per heavy atom. The lowest BCUT2D eigenvalue weighted by molar-refractivity contribution is -0.120. The van der Waals surface area contributed by atoms with E-state index in [1.165, 1.54) is 24.7 Å². The van der Waals surface area contributed by atoms with Crippen molar-refractivity contribution < 1.29 is 23.9 Å². The Bertz CT molecular complexity index is 922. The predicted molar refractivity (Wildman–Crippen MR) is 112 cm³/mol. The van der Waals surface area contributed by atoms with Crippen LogP contribution in [0.1, 0.15) is 39.7 Å². The van der Waals surface area contributed by atoms with E-state index in [1.54, 1.807) is 7.11 Å². The first-order valence-electron chi connectivity index (χ1n) is 9.34. The van der Waals surface area contributed by atoms with E-state index in [1.807, 2.05) is 24.3 Å². The third kappa shape index (κ3) is 4.95. The van der Waals surface area contributed by atoms with Crippen LogP contribution in [0.15, 0.2) is 29.4 Å². The van der Waals surface area contributed by atoms with E-state index in [0.717, 1.165) is 35.3 Å². The molecule has 0 saturated heterocycles. The molecule has 0 aliphatic heterocycles. The zero-order chi connectivity index (χ0) is 20.8. The summed E-state index contributed by atoms with van der Waals surface area (Å²) in [4.78, 5) is 30.8. The molecule has 3 rings (SSSR count). The summed E-state index contributed by atoms with van der Waals surface area (Å²) in [7, 11) is 2.92. The number of carbonyl (C=O) groups is 2. The number of rotatable bonds is 7. The lowest BCUT2D eigenvalue weighted by Gasteiger charge is -2.18. The largest absolute Gasteiger partial charge is 0.496 e. The van der Waals surface area contributed by atoms with Gasteiger partial charge in [-0.05, 0) is 42.9 Å². The number of hydrogen-bond acceptors (Lipinski definition) is 7. The van der Waals surface area contributed by atoms with Crippen molar-refractivity contribution in [3.63, 3.8) is 0 Å². The Balaban J connectivity index is 1.65. The summed E-state index contributed by atoms with van der Waals surface area (Å²) in [6.45, 7) is 1.91. The molecule has 0 spiro atoms. The van der Waals surface area contributed by atoms with Gasteiger partial charge in [0.2, 0.25) is 0 Å². The van der Waals surface area contributed by atoms with Crippen LogP contribution in [0.5, 0.6) is 5.75 Å². The number of fused-ring (bicyclic) bond motifs is 1. The SMILES string of the molecule is COC(=O)c1c(NC(=O)CO/N=C\c2ccccc2OC)sc2c1CC[C@@H](C)C2. The van der Waals surface area contributed by atoms with Crippen LogP contribution in [0.3, 0.4) is 0 Å². The quantitative estimate of drug-likeness (QED) is 0.423. The lowest BCUT2D eigenvalue weighted by atomic mass is 9.88. The minimum atomic E-state index is -0.428. The summed E-state index contributed by atoms with van der Waals surface area (Å²) in [6, 6.07) is 7.34. The van der Waals surface area contributed by atoms with E-state index >= 15 is 0 Å². The molecule has 1 atom stereocenters. The van der Waals surface area contributed by atoms with E-state index in [2.05, 4.69) is 17.4 Å². The van der Waals surface area contributed by atoms with Gasteiger partial charge in [0.25, 0.3) is 5.91 Å². The van der Waals surface area contributed by atoms with Crippen molar-refractivity contribution in [3.05, 3.63) is 45.8 Å². The molecule has 0 saturated carbocycles. The highest BCUT2D eigenvalue weighted by Crippen LogP contribution is 2.40. The summed E-state index contributed by atoms with van der Waals surface area (Å²) >= 11 is 1.44. The van der Waals surface area contributed by atoms with E-state index < -0.39 is 5.97 Å². The van der Waals surface area contributed by atoms with Crippen molar-refractivity contribution in [2.24, 2.45) is 11.1 Å². The maximum Gasteiger partial charge on any atom is 0.341 e. The Kier molecular flexibility index (Phi) is 6.87. The van der Waals surface area contributed by atoms with E-state index in [4.69, 9.17) is 14.3 Å². The van der Waals surface area contributed by atoms with Gasteiger partial charge in [0.15, 0.2) is 6.61 Å². The van der Waals surface area contributed by atoms with E-state index in [9.17, 15) is 9.59 Å². The highest BCUT2D eigenvalue weighted by Gasteiger charge is 2.28. The lowest BCUT2D eigenvalue weighted by Crippen LogP contribution is -2.19. The van der Waals surface area contributed by atoms with Crippen molar-refractivity contribution in [1.82, 2.24) is 0 Å². The van der Waals surface area contributed by atoms with Gasteiger partial charge in [-0.2, -0.15) is 0 Å². The predicted octanol–water partition coefficient (Wildman–Crippen LogP) is 3.66. The van der Waals surface area contributed by atoms with Gasteiger partial charge in [0, 0.05) is 10.4 Å². The number of oxime groups is 1. The molecule has 0 bridgehead atoms. The molecule has 7 nitrogen and oxygen atoms in total. The number of anilines is 1. The number of hydrogen-bond donors (Lipinski definition) is 1. The molecule has 1 aliphatic carbocycles. The monoisotopic (exact) mass is 416 g/mol. The molecule has 1 N–H and O–H groups in total. The first-order chi connectivity index (χ1) is 14.0. The second kappa shape index (κ2) is 9.56. The molecule has 29 heavy (non-hydrogen) atoms. The van der Waals surface area contributed by atoms with Gasteiger partial charge < -0.3 is 19.6 Å². The first-order valence-corrected chi connectivity index (χ1v) is 10.2. The molecule has 154 valence electrons. The van der Waals surface area contributed by atoms with Crippen LogP contribution in [0.25, 0.3) is 0 Å². The number of para-hydroxylation sites is 1. The van der Waals surface area contributed by atoms with Gasteiger partial charge >= 0.3 is 5.97 Å². The number of nitrogens with one attached hydrogen (secondary N) is 1. The van der Waals surface area contributed by atoms with Gasteiger partial charge in [0.05, 0.1) is 26.0 Å². The zero-order valence-corrected chi connectivity index (χ0v) is 17.5. The number of benzene rings is 1. The van der Waals surface area contributed by atoms with Gasteiger partial charge in [-0.15, -0.1) is 11.3 Å². The fourth-order valence-electron chi connectivity index (χ4n) is 3.28. The molecule has 1 amide bonds. The second-order valence-corrected chi connectivity index (χ2v) is 7.95. The van der Waals surface area contributed by atoms with Crippen molar-refractivity contribution in [2.75, 3.05) is 26.1 Å². The Morgan fingerprint density at radius 3 is 2.86 bits per heavy atom. The molecule has 2 aromatic rings. The molecule has 0 unspecified atom stereocenters. The third-order valence-electron chi connectivity index (χ3n) is 4.76. The minimum Gasteiger partial charge on any atom is -0.496 e. The number of amides is 1. The number of ether oxygens (including phenoxy) is 2. The molecule has 8 heteroatoms. The maximum absolute atomic E-state index is 12.3. The van der Waals surface area contributed by atoms with Crippen molar-refractivity contribution in [2.45, 2.75) is 26.2 Å². The number of nitrogens with zero attached hydrogens (tertiary/aromatic N) is 1. The van der Waals surface area contributed by atoms with Crippen LogP contribution in [0.4, 0.5) is 5.00 Å². The van der Waals surface area contributed by atoms with Crippen molar-refractivity contribution >= 4 is 34.4 Å². The molecule has 1 aromatic heterocycles.